The van der Waals surface area contributed by atoms with Crippen LogP contribution in [0.25, 0.3) is 0 Å². The van der Waals surface area contributed by atoms with Gasteiger partial charge < -0.3 is 0 Å². The van der Waals surface area contributed by atoms with Crippen LogP contribution in [0.5, 0.6) is 0 Å². The molecule has 0 aliphatic heterocycles. The Morgan fingerprint density at radius 1 is 1.17 bits per heavy atom. The molecule has 2 aromatic carbocycles. The topological polar surface area (TPSA) is 17.1 Å². The highest BCUT2D eigenvalue weighted by atomic mass is 79.9. The predicted molar refractivity (Wildman–Crippen MR) is 78.4 cm³/mol. The second-order valence-electron chi connectivity index (χ2n) is 4.13. The summed E-state index contributed by atoms with van der Waals surface area (Å²) in [6, 6.07) is 13.3. The maximum atomic E-state index is 12.2. The van der Waals surface area contributed by atoms with Gasteiger partial charge in [0, 0.05) is 16.5 Å². The van der Waals surface area contributed by atoms with Crippen molar-refractivity contribution in [2.24, 2.45) is 0 Å². The largest absolute Gasteiger partial charge is 0.294 e. The lowest BCUT2D eigenvalue weighted by molar-refractivity contribution is 0.0993. The molecule has 0 atom stereocenters. The van der Waals surface area contributed by atoms with Crippen molar-refractivity contribution in [3.8, 4) is 0 Å². The maximum Gasteiger partial charge on any atom is 0.168 e. The molecule has 0 aliphatic rings. The van der Waals surface area contributed by atoms with E-state index in [-0.39, 0.29) is 5.78 Å². The molecule has 0 unspecified atom stereocenters. The van der Waals surface area contributed by atoms with Gasteiger partial charge in [-0.25, -0.2) is 0 Å². The molecular formula is C15H12BrClO. The van der Waals surface area contributed by atoms with E-state index >= 15 is 0 Å². The first-order valence-electron chi connectivity index (χ1n) is 5.61. The summed E-state index contributed by atoms with van der Waals surface area (Å²) in [4.78, 5) is 12.2. The van der Waals surface area contributed by atoms with Crippen LogP contribution in [0.2, 0.25) is 5.02 Å². The average molecular weight is 324 g/mol. The Labute approximate surface area is 120 Å². The van der Waals surface area contributed by atoms with E-state index < -0.39 is 0 Å². The van der Waals surface area contributed by atoms with Crippen molar-refractivity contribution >= 4 is 33.3 Å². The summed E-state index contributed by atoms with van der Waals surface area (Å²) in [5.74, 6) is 0.0376. The highest BCUT2D eigenvalue weighted by Crippen LogP contribution is 2.27. The van der Waals surface area contributed by atoms with E-state index in [9.17, 15) is 4.79 Å². The van der Waals surface area contributed by atoms with E-state index in [2.05, 4.69) is 15.9 Å². The SMILES string of the molecule is Cc1ccccc1CC(=O)c1cccc(Br)c1Cl. The number of carbonyl (C=O) groups is 1. The smallest absolute Gasteiger partial charge is 0.168 e. The number of Topliss-reactive ketones (excluding diaryl/α,β-unsaturated/α-hetero) is 1. The van der Waals surface area contributed by atoms with Crippen LogP contribution in [0.3, 0.4) is 0 Å². The zero-order valence-corrected chi connectivity index (χ0v) is 12.3. The Morgan fingerprint density at radius 3 is 2.61 bits per heavy atom. The summed E-state index contributed by atoms with van der Waals surface area (Å²) in [5, 5.41) is 0.482. The number of carbonyl (C=O) groups excluding carboxylic acids is 1. The van der Waals surface area contributed by atoms with Crippen LogP contribution in [-0.4, -0.2) is 5.78 Å². The molecule has 0 aromatic heterocycles. The summed E-state index contributed by atoms with van der Waals surface area (Å²) in [6.07, 6.45) is 0.378. The van der Waals surface area contributed by atoms with Gasteiger partial charge in [-0.2, -0.15) is 0 Å². The normalized spacial score (nSPS) is 10.4. The van der Waals surface area contributed by atoms with Gasteiger partial charge >= 0.3 is 0 Å². The third-order valence-corrected chi connectivity index (χ3v) is 4.16. The molecule has 0 spiro atoms. The number of aryl methyl sites for hydroxylation is 1. The lowest BCUT2D eigenvalue weighted by Gasteiger charge is -2.07. The summed E-state index contributed by atoms with van der Waals surface area (Å²) in [6.45, 7) is 2.01. The standard InChI is InChI=1S/C15H12BrClO/c1-10-5-2-3-6-11(10)9-14(18)12-7-4-8-13(16)15(12)17/h2-8H,9H2,1H3. The second kappa shape index (κ2) is 5.68. The molecule has 92 valence electrons. The monoisotopic (exact) mass is 322 g/mol. The van der Waals surface area contributed by atoms with Crippen molar-refractivity contribution in [1.29, 1.82) is 0 Å². The van der Waals surface area contributed by atoms with Crippen LogP contribution in [0, 0.1) is 6.92 Å². The molecular weight excluding hydrogens is 312 g/mol. The van der Waals surface area contributed by atoms with Crippen LogP contribution < -0.4 is 0 Å². The van der Waals surface area contributed by atoms with Crippen molar-refractivity contribution < 1.29 is 4.79 Å². The van der Waals surface area contributed by atoms with Crippen LogP contribution >= 0.6 is 27.5 Å². The fourth-order valence-electron chi connectivity index (χ4n) is 1.80. The fraction of sp³-hybridized carbons (Fsp3) is 0.133. The maximum absolute atomic E-state index is 12.2. The predicted octanol–water partition coefficient (Wildman–Crippen LogP) is 4.84. The number of rotatable bonds is 3. The molecule has 0 radical (unpaired) electrons. The third-order valence-electron chi connectivity index (χ3n) is 2.86. The van der Waals surface area contributed by atoms with E-state index in [0.29, 0.717) is 17.0 Å². The third kappa shape index (κ3) is 2.82. The van der Waals surface area contributed by atoms with E-state index in [4.69, 9.17) is 11.6 Å². The Hall–Kier alpha value is -1.12. The van der Waals surface area contributed by atoms with E-state index in [0.717, 1.165) is 15.6 Å². The van der Waals surface area contributed by atoms with Gasteiger partial charge in [0.05, 0.1) is 5.02 Å². The summed E-state index contributed by atoms with van der Waals surface area (Å²) in [5.41, 5.74) is 2.73. The second-order valence-corrected chi connectivity index (χ2v) is 5.36. The molecule has 0 amide bonds. The minimum atomic E-state index is 0.0376. The van der Waals surface area contributed by atoms with Crippen LogP contribution in [-0.2, 0) is 6.42 Å². The molecule has 0 heterocycles. The lowest BCUT2D eigenvalue weighted by Crippen LogP contribution is -2.05. The Kier molecular flexibility index (Phi) is 4.20. The molecule has 3 heteroatoms. The molecule has 0 saturated heterocycles. The minimum absolute atomic E-state index is 0.0376. The van der Waals surface area contributed by atoms with Crippen molar-refractivity contribution in [1.82, 2.24) is 0 Å². The summed E-state index contributed by atoms with van der Waals surface area (Å²) in [7, 11) is 0. The van der Waals surface area contributed by atoms with Crippen LogP contribution in [0.1, 0.15) is 21.5 Å². The zero-order valence-electron chi connectivity index (χ0n) is 9.91. The van der Waals surface area contributed by atoms with E-state index in [1.807, 2.05) is 43.3 Å². The zero-order chi connectivity index (χ0) is 13.1. The van der Waals surface area contributed by atoms with Crippen LogP contribution in [0.4, 0.5) is 0 Å². The number of hydrogen-bond acceptors (Lipinski definition) is 1. The first kappa shape index (κ1) is 13.3. The first-order chi connectivity index (χ1) is 8.59. The first-order valence-corrected chi connectivity index (χ1v) is 6.78. The quantitative estimate of drug-likeness (QED) is 0.739. The molecule has 2 aromatic rings. The van der Waals surface area contributed by atoms with Crippen molar-refractivity contribution in [2.45, 2.75) is 13.3 Å². The van der Waals surface area contributed by atoms with Gasteiger partial charge in [0.25, 0.3) is 0 Å². The average Bonchev–Trinajstić information content (AvgIpc) is 2.35. The van der Waals surface area contributed by atoms with Crippen molar-refractivity contribution in [3.63, 3.8) is 0 Å². The number of ketones is 1. The number of hydrogen-bond donors (Lipinski definition) is 0. The van der Waals surface area contributed by atoms with Gasteiger partial charge in [-0.15, -0.1) is 0 Å². The number of halogens is 2. The highest BCUT2D eigenvalue weighted by molar-refractivity contribution is 9.10. The molecule has 0 N–H and O–H groups in total. The Bertz CT molecular complexity index is 593. The molecule has 0 aliphatic carbocycles. The van der Waals surface area contributed by atoms with Gasteiger partial charge in [0.2, 0.25) is 0 Å². The fourth-order valence-corrected chi connectivity index (χ4v) is 2.39. The van der Waals surface area contributed by atoms with Crippen molar-refractivity contribution in [2.75, 3.05) is 0 Å². The van der Waals surface area contributed by atoms with Gasteiger partial charge in [0.15, 0.2) is 5.78 Å². The molecule has 2 rings (SSSR count). The molecule has 0 saturated carbocycles. The van der Waals surface area contributed by atoms with Gasteiger partial charge in [0.1, 0.15) is 0 Å². The molecule has 1 nitrogen and oxygen atoms in total. The Morgan fingerprint density at radius 2 is 1.89 bits per heavy atom. The van der Waals surface area contributed by atoms with Crippen LogP contribution in [0.15, 0.2) is 46.9 Å². The summed E-state index contributed by atoms with van der Waals surface area (Å²) >= 11 is 9.46. The van der Waals surface area contributed by atoms with Gasteiger partial charge in [-0.1, -0.05) is 41.9 Å². The van der Waals surface area contributed by atoms with E-state index in [1.165, 1.54) is 0 Å². The lowest BCUT2D eigenvalue weighted by atomic mass is 9.99. The minimum Gasteiger partial charge on any atom is -0.294 e. The highest BCUT2D eigenvalue weighted by Gasteiger charge is 2.13. The Balaban J connectivity index is 2.28. The molecule has 0 fully saturated rings. The molecule has 0 bridgehead atoms. The number of benzene rings is 2. The summed E-state index contributed by atoms with van der Waals surface area (Å²) < 4.78 is 0.750. The van der Waals surface area contributed by atoms with E-state index in [1.54, 1.807) is 6.07 Å². The molecule has 18 heavy (non-hydrogen) atoms. The van der Waals surface area contributed by atoms with Gasteiger partial charge in [-0.05, 0) is 46.1 Å². The van der Waals surface area contributed by atoms with Crippen molar-refractivity contribution in [3.05, 3.63) is 68.7 Å². The van der Waals surface area contributed by atoms with Gasteiger partial charge in [-0.3, -0.25) is 4.79 Å².